The van der Waals surface area contributed by atoms with E-state index in [-0.39, 0.29) is 0 Å². The number of hydrogen-bond donors (Lipinski definition) is 0. The van der Waals surface area contributed by atoms with Gasteiger partial charge in [0, 0.05) is 22.3 Å². The molecule has 0 radical (unpaired) electrons. The summed E-state index contributed by atoms with van der Waals surface area (Å²) in [6, 6.07) is 40.6. The summed E-state index contributed by atoms with van der Waals surface area (Å²) >= 11 is 0. The number of rotatable bonds is 4. The molecule has 0 bridgehead atoms. The molecule has 0 saturated carbocycles. The summed E-state index contributed by atoms with van der Waals surface area (Å²) in [7, 11) is 0. The lowest BCUT2D eigenvalue weighted by Crippen LogP contribution is -2.41. The van der Waals surface area contributed by atoms with Crippen LogP contribution in [-0.4, -0.2) is 76.0 Å². The third kappa shape index (κ3) is 5.91. The topological polar surface area (TPSA) is 73.8 Å². The van der Waals surface area contributed by atoms with E-state index in [1.54, 1.807) is 0 Å². The van der Waals surface area contributed by atoms with Crippen molar-refractivity contribution in [1.82, 2.24) is 0 Å². The average Bonchev–Trinajstić information content (AvgIpc) is 4.05. The van der Waals surface area contributed by atoms with Gasteiger partial charge in [-0.3, -0.25) is 0 Å². The van der Waals surface area contributed by atoms with Crippen LogP contribution in [-0.2, 0) is 37.9 Å². The van der Waals surface area contributed by atoms with Crippen molar-refractivity contribution in [3.05, 3.63) is 168 Å². The van der Waals surface area contributed by atoms with Crippen LogP contribution in [0.25, 0.3) is 22.3 Å². The van der Waals surface area contributed by atoms with Crippen LogP contribution in [0.2, 0.25) is 0 Å². The van der Waals surface area contributed by atoms with Gasteiger partial charge in [0.1, 0.15) is 0 Å². The molecule has 4 heterocycles. The molecule has 4 aromatic carbocycles. The molecule has 8 nitrogen and oxygen atoms in total. The fourth-order valence-corrected chi connectivity index (χ4v) is 7.75. The highest BCUT2D eigenvalue weighted by Gasteiger charge is 2.52. The first-order chi connectivity index (χ1) is 25.6. The molecule has 4 spiro atoms. The molecule has 0 amide bonds. The molecule has 264 valence electrons. The molecule has 4 aliphatic heterocycles. The molecular formula is C44H40O8. The first-order valence-electron chi connectivity index (χ1n) is 17.9. The molecule has 0 N–H and O–H groups in total. The van der Waals surface area contributed by atoms with Gasteiger partial charge in [-0.1, -0.05) is 121 Å². The lowest BCUT2D eigenvalue weighted by molar-refractivity contribution is -0.0907. The molecule has 0 atom stereocenters. The predicted molar refractivity (Wildman–Crippen MR) is 196 cm³/mol. The Balaban J connectivity index is 0.000000138. The van der Waals surface area contributed by atoms with Gasteiger partial charge in [0.15, 0.2) is 0 Å². The third-order valence-corrected chi connectivity index (χ3v) is 10.0. The number of benzene rings is 4. The van der Waals surface area contributed by atoms with Gasteiger partial charge in [0.25, 0.3) is 0 Å². The van der Waals surface area contributed by atoms with Crippen LogP contribution in [0.1, 0.15) is 22.3 Å². The Bertz CT molecular complexity index is 1680. The molecule has 2 aliphatic carbocycles. The molecular weight excluding hydrogens is 656 g/mol. The van der Waals surface area contributed by atoms with E-state index in [1.165, 1.54) is 0 Å². The van der Waals surface area contributed by atoms with E-state index >= 15 is 0 Å². The number of ether oxygens (including phenoxy) is 8. The minimum Gasteiger partial charge on any atom is -0.340 e. The minimum atomic E-state index is -0.910. The Hall–Kier alpha value is -4.48. The molecule has 0 aromatic heterocycles. The normalized spacial score (nSPS) is 23.2. The Morgan fingerprint density at radius 3 is 0.596 bits per heavy atom. The van der Waals surface area contributed by atoms with Gasteiger partial charge in [0.05, 0.1) is 52.9 Å². The summed E-state index contributed by atoms with van der Waals surface area (Å²) in [6.07, 6.45) is 8.12. The quantitative estimate of drug-likeness (QED) is 0.220. The van der Waals surface area contributed by atoms with Crippen LogP contribution in [0.5, 0.6) is 0 Å². The van der Waals surface area contributed by atoms with Crippen LogP contribution in [0, 0.1) is 0 Å². The molecule has 8 heteroatoms. The molecule has 4 fully saturated rings. The summed E-state index contributed by atoms with van der Waals surface area (Å²) in [5, 5.41) is 0. The van der Waals surface area contributed by atoms with Crippen molar-refractivity contribution < 1.29 is 37.9 Å². The monoisotopic (exact) mass is 696 g/mol. The van der Waals surface area contributed by atoms with Crippen LogP contribution in [0.4, 0.5) is 0 Å². The van der Waals surface area contributed by atoms with Gasteiger partial charge in [-0.25, -0.2) is 0 Å². The smallest absolute Gasteiger partial charge is 0.216 e. The molecule has 0 unspecified atom stereocenters. The van der Waals surface area contributed by atoms with Gasteiger partial charge in [0.2, 0.25) is 23.1 Å². The van der Waals surface area contributed by atoms with Crippen LogP contribution in [0.15, 0.2) is 146 Å². The summed E-state index contributed by atoms with van der Waals surface area (Å²) < 4.78 is 49.0. The first-order valence-corrected chi connectivity index (χ1v) is 17.9. The van der Waals surface area contributed by atoms with E-state index in [2.05, 4.69) is 48.5 Å². The van der Waals surface area contributed by atoms with Gasteiger partial charge in [-0.15, -0.1) is 0 Å². The standard InChI is InChI=1S/2C22H20O4/c2*1-3-7-17(8-4-1)19-15-22(25-13-14-26-22)20(18-9-5-2-6-10-18)16-21(19)23-11-12-24-21/h2*1-10,15-16H,11-14H2. The fourth-order valence-electron chi connectivity index (χ4n) is 7.75. The van der Waals surface area contributed by atoms with Gasteiger partial charge in [-0.2, -0.15) is 0 Å². The zero-order valence-electron chi connectivity index (χ0n) is 28.8. The van der Waals surface area contributed by atoms with Crippen molar-refractivity contribution in [2.45, 2.75) is 23.1 Å². The summed E-state index contributed by atoms with van der Waals surface area (Å²) in [5.41, 5.74) is 7.86. The van der Waals surface area contributed by atoms with Gasteiger partial charge >= 0.3 is 0 Å². The number of hydrogen-bond acceptors (Lipinski definition) is 8. The van der Waals surface area contributed by atoms with E-state index in [1.807, 2.05) is 97.1 Å². The van der Waals surface area contributed by atoms with Gasteiger partial charge in [-0.05, 0) is 46.6 Å². The van der Waals surface area contributed by atoms with Crippen LogP contribution < -0.4 is 0 Å². The molecule has 10 rings (SSSR count). The van der Waals surface area contributed by atoms with E-state index in [9.17, 15) is 0 Å². The highest BCUT2D eigenvalue weighted by Crippen LogP contribution is 2.51. The first kappa shape index (κ1) is 33.4. The maximum atomic E-state index is 6.12. The second kappa shape index (κ2) is 13.8. The summed E-state index contributed by atoms with van der Waals surface area (Å²) in [4.78, 5) is 0. The Morgan fingerprint density at radius 1 is 0.250 bits per heavy atom. The Labute approximate surface area is 303 Å². The largest absolute Gasteiger partial charge is 0.340 e. The van der Waals surface area contributed by atoms with Crippen molar-refractivity contribution in [2.75, 3.05) is 52.9 Å². The zero-order valence-corrected chi connectivity index (χ0v) is 28.8. The van der Waals surface area contributed by atoms with E-state index in [0.717, 1.165) is 44.5 Å². The Kier molecular flexibility index (Phi) is 8.87. The predicted octanol–water partition coefficient (Wildman–Crippen LogP) is 7.31. The van der Waals surface area contributed by atoms with Crippen molar-refractivity contribution in [1.29, 1.82) is 0 Å². The molecule has 52 heavy (non-hydrogen) atoms. The summed E-state index contributed by atoms with van der Waals surface area (Å²) in [5.74, 6) is -3.64. The maximum absolute atomic E-state index is 6.12. The molecule has 4 saturated heterocycles. The summed E-state index contributed by atoms with van der Waals surface area (Å²) in [6.45, 7) is 4.42. The van der Waals surface area contributed by atoms with Crippen molar-refractivity contribution in [3.63, 3.8) is 0 Å². The fraction of sp³-hybridized carbons (Fsp3) is 0.273. The van der Waals surface area contributed by atoms with E-state index in [4.69, 9.17) is 37.9 Å². The van der Waals surface area contributed by atoms with Crippen LogP contribution >= 0.6 is 0 Å². The lowest BCUT2D eigenvalue weighted by Gasteiger charge is -2.39. The van der Waals surface area contributed by atoms with E-state index in [0.29, 0.717) is 52.9 Å². The van der Waals surface area contributed by atoms with Gasteiger partial charge < -0.3 is 37.9 Å². The average molecular weight is 697 g/mol. The van der Waals surface area contributed by atoms with Crippen molar-refractivity contribution >= 4 is 22.3 Å². The van der Waals surface area contributed by atoms with Crippen molar-refractivity contribution in [2.24, 2.45) is 0 Å². The second-order valence-corrected chi connectivity index (χ2v) is 13.2. The maximum Gasteiger partial charge on any atom is 0.216 e. The molecule has 4 aromatic rings. The van der Waals surface area contributed by atoms with Crippen molar-refractivity contribution in [3.8, 4) is 0 Å². The lowest BCUT2D eigenvalue weighted by atomic mass is 9.83. The zero-order chi connectivity index (χ0) is 34.9. The SMILES string of the molecule is C1=C(c2ccccc2)C2(C=C(c3ccccc3)C13OCCO3)OCCO2.C1=C(c2ccccc2)C2(C=C(c3ccccc3)C13OCCO3)OCCO2. The second-order valence-electron chi connectivity index (χ2n) is 13.2. The third-order valence-electron chi connectivity index (χ3n) is 10.0. The highest BCUT2D eigenvalue weighted by molar-refractivity contribution is 5.88. The minimum absolute atomic E-state index is 0.553. The van der Waals surface area contributed by atoms with E-state index < -0.39 is 23.1 Å². The highest BCUT2D eigenvalue weighted by atomic mass is 16.8. The molecule has 6 aliphatic rings. The van der Waals surface area contributed by atoms with Crippen LogP contribution in [0.3, 0.4) is 0 Å². The Morgan fingerprint density at radius 2 is 0.423 bits per heavy atom.